The van der Waals surface area contributed by atoms with Gasteiger partial charge in [0.05, 0.1) is 4.90 Å². The van der Waals surface area contributed by atoms with Gasteiger partial charge in [0.1, 0.15) is 5.75 Å². The maximum Gasteiger partial charge on any atom is 0.235 e. The third-order valence-corrected chi connectivity index (χ3v) is 5.69. The van der Waals surface area contributed by atoms with Crippen molar-refractivity contribution in [3.05, 3.63) is 29.3 Å². The number of benzene rings is 1. The molecule has 0 aliphatic heterocycles. The molecule has 1 aromatic rings. The van der Waals surface area contributed by atoms with Gasteiger partial charge in [-0.05, 0) is 49.6 Å². The van der Waals surface area contributed by atoms with Gasteiger partial charge in [0.25, 0.3) is 0 Å². The van der Waals surface area contributed by atoms with Gasteiger partial charge in [0, 0.05) is 11.1 Å². The van der Waals surface area contributed by atoms with Crippen molar-refractivity contribution < 1.29 is 13.2 Å². The Morgan fingerprint density at radius 2 is 1.95 bits per heavy atom. The fourth-order valence-corrected chi connectivity index (χ4v) is 3.93. The Morgan fingerprint density at radius 1 is 1.29 bits per heavy atom. The molecule has 0 saturated heterocycles. The Labute approximate surface area is 129 Å². The summed E-state index contributed by atoms with van der Waals surface area (Å²) in [5, 5.41) is 3.25. The average molecular weight is 331 g/mol. The van der Waals surface area contributed by atoms with Crippen LogP contribution in [0.2, 0.25) is 5.02 Å². The number of halogens is 1. The highest BCUT2D eigenvalue weighted by atomic mass is 35.5. The minimum atomic E-state index is -3.64. The van der Waals surface area contributed by atoms with E-state index in [1.54, 1.807) is 0 Å². The summed E-state index contributed by atoms with van der Waals surface area (Å²) < 4.78 is 24.3. The summed E-state index contributed by atoms with van der Waals surface area (Å²) in [5.74, 6) is -0.787. The first-order chi connectivity index (χ1) is 9.92. The van der Waals surface area contributed by atoms with E-state index in [0.717, 1.165) is 19.3 Å². The molecule has 3 N–H and O–H groups in total. The number of hydrogen-bond acceptors (Lipinski definition) is 4. The molecule has 1 aliphatic rings. The summed E-state index contributed by atoms with van der Waals surface area (Å²) in [7, 11) is -3.64. The van der Waals surface area contributed by atoms with Crippen LogP contribution >= 0.6 is 11.6 Å². The van der Waals surface area contributed by atoms with E-state index in [-0.39, 0.29) is 16.9 Å². The van der Waals surface area contributed by atoms with Crippen molar-refractivity contribution in [1.29, 1.82) is 0 Å². The topological polar surface area (TPSA) is 89.3 Å². The number of amides is 1. The molecule has 2 atom stereocenters. The van der Waals surface area contributed by atoms with Crippen molar-refractivity contribution in [3.63, 3.8) is 0 Å². The molecule has 0 aromatic heterocycles. The minimum absolute atomic E-state index is 0.0112. The molecule has 1 saturated carbocycles. The van der Waals surface area contributed by atoms with Crippen LogP contribution in [0.3, 0.4) is 0 Å². The van der Waals surface area contributed by atoms with Crippen LogP contribution in [0.4, 0.5) is 0 Å². The van der Waals surface area contributed by atoms with Gasteiger partial charge >= 0.3 is 0 Å². The third-order valence-electron chi connectivity index (χ3n) is 3.80. The number of carbonyl (C=O) groups excluding carboxylic acids is 1. The minimum Gasteiger partial charge on any atom is -0.352 e. The van der Waals surface area contributed by atoms with E-state index >= 15 is 0 Å². The number of nitrogens with one attached hydrogen (secondary N) is 1. The predicted octanol–water partition coefficient (Wildman–Crippen LogP) is 1.36. The van der Waals surface area contributed by atoms with Crippen molar-refractivity contribution in [2.75, 3.05) is 12.3 Å². The van der Waals surface area contributed by atoms with E-state index in [1.807, 2.05) is 0 Å². The zero-order valence-corrected chi connectivity index (χ0v) is 13.2. The molecule has 0 bridgehead atoms. The number of nitrogens with two attached hydrogens (primary N) is 1. The zero-order valence-electron chi connectivity index (χ0n) is 11.6. The van der Waals surface area contributed by atoms with Crippen LogP contribution in [0.25, 0.3) is 0 Å². The Hall–Kier alpha value is -1.11. The summed E-state index contributed by atoms with van der Waals surface area (Å²) in [6.45, 7) is 0.509. The zero-order chi connectivity index (χ0) is 15.5. The van der Waals surface area contributed by atoms with E-state index < -0.39 is 21.5 Å². The molecular formula is C14H19ClN2O3S. The Balaban J connectivity index is 2.00. The first-order valence-corrected chi connectivity index (χ1v) is 8.93. The lowest BCUT2D eigenvalue weighted by atomic mass is 10.0. The SMILES string of the molecule is NCC1CCCC1NC(=O)CS(=O)(=O)c1ccc(Cl)cc1. The molecule has 7 heteroatoms. The van der Waals surface area contributed by atoms with E-state index in [0.29, 0.717) is 11.6 Å². The summed E-state index contributed by atoms with van der Waals surface area (Å²) in [5.41, 5.74) is 5.65. The van der Waals surface area contributed by atoms with E-state index in [4.69, 9.17) is 17.3 Å². The first-order valence-electron chi connectivity index (χ1n) is 6.90. The highest BCUT2D eigenvalue weighted by Crippen LogP contribution is 2.24. The predicted molar refractivity (Wildman–Crippen MR) is 81.8 cm³/mol. The molecule has 0 heterocycles. The van der Waals surface area contributed by atoms with Gasteiger partial charge < -0.3 is 11.1 Å². The standard InChI is InChI=1S/C14H19ClN2O3S/c15-11-4-6-12(7-5-11)21(19,20)9-14(18)17-13-3-1-2-10(13)8-16/h4-7,10,13H,1-3,8-9,16H2,(H,17,18). The third kappa shape index (κ3) is 4.18. The molecule has 1 fully saturated rings. The van der Waals surface area contributed by atoms with Gasteiger partial charge in [0.15, 0.2) is 9.84 Å². The van der Waals surface area contributed by atoms with Crippen molar-refractivity contribution in [3.8, 4) is 0 Å². The van der Waals surface area contributed by atoms with Gasteiger partial charge in [-0.25, -0.2) is 8.42 Å². The van der Waals surface area contributed by atoms with Crippen LogP contribution < -0.4 is 11.1 Å². The second kappa shape index (κ2) is 6.77. The van der Waals surface area contributed by atoms with Crippen LogP contribution in [-0.2, 0) is 14.6 Å². The van der Waals surface area contributed by atoms with Gasteiger partial charge in [0.2, 0.25) is 5.91 Å². The fraction of sp³-hybridized carbons (Fsp3) is 0.500. The number of carbonyl (C=O) groups is 1. The molecule has 1 aliphatic carbocycles. The smallest absolute Gasteiger partial charge is 0.235 e. The monoisotopic (exact) mass is 330 g/mol. The quantitative estimate of drug-likeness (QED) is 0.853. The number of rotatable bonds is 5. The largest absolute Gasteiger partial charge is 0.352 e. The first kappa shape index (κ1) is 16.3. The van der Waals surface area contributed by atoms with Crippen molar-refractivity contribution in [2.45, 2.75) is 30.2 Å². The Morgan fingerprint density at radius 3 is 2.57 bits per heavy atom. The summed E-state index contributed by atoms with van der Waals surface area (Å²) in [4.78, 5) is 12.1. The highest BCUT2D eigenvalue weighted by Gasteiger charge is 2.29. The molecule has 116 valence electrons. The molecule has 1 amide bonds. The number of hydrogen-bond donors (Lipinski definition) is 2. The van der Waals surface area contributed by atoms with Crippen molar-refractivity contribution in [1.82, 2.24) is 5.32 Å². The van der Waals surface area contributed by atoms with Gasteiger partial charge in [-0.3, -0.25) is 4.79 Å². The van der Waals surface area contributed by atoms with Crippen LogP contribution in [-0.4, -0.2) is 32.7 Å². The normalized spacial score (nSPS) is 22.2. The molecule has 0 spiro atoms. The average Bonchev–Trinajstić information content (AvgIpc) is 2.85. The number of sulfone groups is 1. The molecule has 0 radical (unpaired) electrons. The van der Waals surface area contributed by atoms with Crippen LogP contribution in [0.15, 0.2) is 29.2 Å². The van der Waals surface area contributed by atoms with Crippen LogP contribution in [0.1, 0.15) is 19.3 Å². The van der Waals surface area contributed by atoms with E-state index in [9.17, 15) is 13.2 Å². The highest BCUT2D eigenvalue weighted by molar-refractivity contribution is 7.92. The molecule has 2 rings (SSSR count). The van der Waals surface area contributed by atoms with Crippen molar-refractivity contribution in [2.24, 2.45) is 11.7 Å². The van der Waals surface area contributed by atoms with E-state index in [1.165, 1.54) is 24.3 Å². The van der Waals surface area contributed by atoms with Crippen LogP contribution in [0.5, 0.6) is 0 Å². The Bertz CT molecular complexity index is 601. The molecule has 1 aromatic carbocycles. The lowest BCUT2D eigenvalue weighted by molar-refractivity contribution is -0.119. The second-order valence-corrected chi connectivity index (χ2v) is 7.74. The summed E-state index contributed by atoms with van der Waals surface area (Å²) in [6.07, 6.45) is 2.84. The van der Waals surface area contributed by atoms with Gasteiger partial charge in [-0.1, -0.05) is 18.0 Å². The van der Waals surface area contributed by atoms with Gasteiger partial charge in [-0.2, -0.15) is 0 Å². The maximum atomic E-state index is 12.2. The molecular weight excluding hydrogens is 312 g/mol. The molecule has 21 heavy (non-hydrogen) atoms. The lowest BCUT2D eigenvalue weighted by Gasteiger charge is -2.19. The molecule has 2 unspecified atom stereocenters. The van der Waals surface area contributed by atoms with Crippen LogP contribution in [0, 0.1) is 5.92 Å². The summed E-state index contributed by atoms with van der Waals surface area (Å²) >= 11 is 5.73. The lowest BCUT2D eigenvalue weighted by Crippen LogP contribution is -2.42. The van der Waals surface area contributed by atoms with Crippen molar-refractivity contribution >= 4 is 27.3 Å². The maximum absolute atomic E-state index is 12.2. The summed E-state index contributed by atoms with van der Waals surface area (Å²) in [6, 6.07) is 5.79. The second-order valence-electron chi connectivity index (χ2n) is 5.31. The van der Waals surface area contributed by atoms with E-state index in [2.05, 4.69) is 5.32 Å². The van der Waals surface area contributed by atoms with Gasteiger partial charge in [-0.15, -0.1) is 0 Å². The molecule has 5 nitrogen and oxygen atoms in total. The fourth-order valence-electron chi connectivity index (χ4n) is 2.66. The Kier molecular flexibility index (Phi) is 5.24.